The average Bonchev–Trinajstić information content (AvgIpc) is 3.09. The Balaban J connectivity index is 1.78. The van der Waals surface area contributed by atoms with Crippen LogP contribution in [-0.2, 0) is 6.61 Å². The highest BCUT2D eigenvalue weighted by Gasteiger charge is 2.11. The second kappa shape index (κ2) is 8.44. The lowest BCUT2D eigenvalue weighted by molar-refractivity contribution is -0.385. The molecule has 0 aliphatic heterocycles. The SMILES string of the molecule is COc1ccc(/C=N\n2cn[nH]c2=S)cc1COc1ccc([N+](=O)[O-])c(C)c1. The Morgan fingerprint density at radius 1 is 1.36 bits per heavy atom. The first-order valence-corrected chi connectivity index (χ1v) is 8.60. The molecular weight excluding hydrogens is 382 g/mol. The Morgan fingerprint density at radius 3 is 2.82 bits per heavy atom. The van der Waals surface area contributed by atoms with Gasteiger partial charge in [0.1, 0.15) is 24.4 Å². The quantitative estimate of drug-likeness (QED) is 0.281. The summed E-state index contributed by atoms with van der Waals surface area (Å²) in [4.78, 5) is 10.5. The van der Waals surface area contributed by atoms with Gasteiger partial charge in [-0.2, -0.15) is 14.9 Å². The molecule has 0 saturated carbocycles. The molecule has 0 atom stereocenters. The molecule has 9 nitrogen and oxygen atoms in total. The lowest BCUT2D eigenvalue weighted by Gasteiger charge is -2.11. The number of nitrogens with zero attached hydrogens (tertiary/aromatic N) is 4. The van der Waals surface area contributed by atoms with Crippen molar-refractivity contribution in [1.82, 2.24) is 14.9 Å². The molecule has 0 spiro atoms. The van der Waals surface area contributed by atoms with Crippen molar-refractivity contribution < 1.29 is 14.4 Å². The standard InChI is InChI=1S/C18H17N5O4S/c1-12-7-15(4-5-16(12)23(24)25)27-10-14-8-13(3-6-17(14)26-2)9-20-22-11-19-21-18(22)28/h3-9,11H,10H2,1-2H3,(H,21,28)/b20-9-. The summed E-state index contributed by atoms with van der Waals surface area (Å²) < 4.78 is 13.0. The summed E-state index contributed by atoms with van der Waals surface area (Å²) in [6.07, 6.45) is 3.12. The second-order valence-corrected chi connectivity index (χ2v) is 6.20. The van der Waals surface area contributed by atoms with Crippen LogP contribution in [0.1, 0.15) is 16.7 Å². The first-order valence-electron chi connectivity index (χ1n) is 8.19. The van der Waals surface area contributed by atoms with Crippen LogP contribution < -0.4 is 9.47 Å². The molecule has 3 aromatic rings. The maximum absolute atomic E-state index is 10.9. The number of aromatic amines is 1. The van der Waals surface area contributed by atoms with Gasteiger partial charge in [-0.15, -0.1) is 0 Å². The average molecular weight is 399 g/mol. The second-order valence-electron chi connectivity index (χ2n) is 5.82. The molecule has 0 radical (unpaired) electrons. The minimum Gasteiger partial charge on any atom is -0.496 e. The molecule has 1 heterocycles. The van der Waals surface area contributed by atoms with Gasteiger partial charge < -0.3 is 9.47 Å². The van der Waals surface area contributed by atoms with Crippen molar-refractivity contribution in [3.63, 3.8) is 0 Å². The summed E-state index contributed by atoms with van der Waals surface area (Å²) in [5, 5.41) is 21.6. The van der Waals surface area contributed by atoms with Gasteiger partial charge in [-0.05, 0) is 55.0 Å². The first-order chi connectivity index (χ1) is 13.5. The molecule has 1 N–H and O–H groups in total. The van der Waals surface area contributed by atoms with Crippen LogP contribution in [0.15, 0.2) is 47.8 Å². The molecule has 0 bridgehead atoms. The number of methoxy groups -OCH3 is 1. The number of nitrogens with one attached hydrogen (secondary N) is 1. The highest BCUT2D eigenvalue weighted by molar-refractivity contribution is 7.71. The van der Waals surface area contributed by atoms with E-state index in [-0.39, 0.29) is 12.3 Å². The van der Waals surface area contributed by atoms with Gasteiger partial charge in [-0.1, -0.05) is 0 Å². The zero-order valence-corrected chi connectivity index (χ0v) is 16.0. The molecule has 144 valence electrons. The van der Waals surface area contributed by atoms with Crippen LogP contribution in [0.4, 0.5) is 5.69 Å². The van der Waals surface area contributed by atoms with Gasteiger partial charge >= 0.3 is 0 Å². The molecule has 0 aliphatic carbocycles. The fourth-order valence-electron chi connectivity index (χ4n) is 2.53. The number of aryl methyl sites for hydroxylation is 1. The van der Waals surface area contributed by atoms with E-state index in [9.17, 15) is 10.1 Å². The number of rotatable bonds is 7. The molecule has 0 fully saturated rings. The lowest BCUT2D eigenvalue weighted by atomic mass is 10.1. The molecule has 0 saturated heterocycles. The monoisotopic (exact) mass is 399 g/mol. The molecule has 1 aromatic heterocycles. The minimum absolute atomic E-state index is 0.0565. The molecule has 10 heteroatoms. The van der Waals surface area contributed by atoms with Crippen molar-refractivity contribution in [2.24, 2.45) is 5.10 Å². The fourth-order valence-corrected chi connectivity index (χ4v) is 2.68. The van der Waals surface area contributed by atoms with Gasteiger partial charge in [0.15, 0.2) is 0 Å². The minimum atomic E-state index is -0.419. The van der Waals surface area contributed by atoms with Crippen molar-refractivity contribution in [2.75, 3.05) is 7.11 Å². The van der Waals surface area contributed by atoms with Crippen molar-refractivity contribution >= 4 is 24.1 Å². The Hall–Kier alpha value is -3.53. The fraction of sp³-hybridized carbons (Fsp3) is 0.167. The van der Waals surface area contributed by atoms with E-state index >= 15 is 0 Å². The Kier molecular flexibility index (Phi) is 5.80. The molecule has 28 heavy (non-hydrogen) atoms. The van der Waals surface area contributed by atoms with Crippen molar-refractivity contribution in [3.05, 3.63) is 74.3 Å². The third kappa shape index (κ3) is 4.41. The van der Waals surface area contributed by atoms with Gasteiger partial charge in [-0.3, -0.25) is 15.2 Å². The van der Waals surface area contributed by atoms with E-state index in [0.717, 1.165) is 11.1 Å². The summed E-state index contributed by atoms with van der Waals surface area (Å²) in [6, 6.07) is 10.2. The van der Waals surface area contributed by atoms with E-state index in [0.29, 0.717) is 21.8 Å². The van der Waals surface area contributed by atoms with Crippen LogP contribution in [0.3, 0.4) is 0 Å². The van der Waals surface area contributed by atoms with Crippen LogP contribution in [0, 0.1) is 21.8 Å². The third-order valence-corrected chi connectivity index (χ3v) is 4.21. The highest BCUT2D eigenvalue weighted by Crippen LogP contribution is 2.25. The van der Waals surface area contributed by atoms with E-state index in [1.54, 1.807) is 32.4 Å². The molecular formula is C18H17N5O4S. The first kappa shape index (κ1) is 19.2. The van der Waals surface area contributed by atoms with Gasteiger partial charge in [-0.25, -0.2) is 0 Å². The normalized spacial score (nSPS) is 10.9. The van der Waals surface area contributed by atoms with Crippen molar-refractivity contribution in [1.29, 1.82) is 0 Å². The van der Waals surface area contributed by atoms with Crippen LogP contribution in [-0.4, -0.2) is 33.1 Å². The Morgan fingerprint density at radius 2 is 2.18 bits per heavy atom. The number of hydrogen-bond donors (Lipinski definition) is 1. The number of hydrogen-bond acceptors (Lipinski definition) is 7. The maximum Gasteiger partial charge on any atom is 0.272 e. The van der Waals surface area contributed by atoms with Crippen LogP contribution >= 0.6 is 12.2 Å². The molecule has 2 aromatic carbocycles. The number of ether oxygens (including phenoxy) is 2. The lowest BCUT2D eigenvalue weighted by Crippen LogP contribution is -2.01. The number of aromatic nitrogens is 3. The van der Waals surface area contributed by atoms with Gasteiger partial charge in [0.25, 0.3) is 5.69 Å². The van der Waals surface area contributed by atoms with Crippen LogP contribution in [0.25, 0.3) is 0 Å². The van der Waals surface area contributed by atoms with Gasteiger partial charge in [0.2, 0.25) is 4.77 Å². The number of nitro groups is 1. The summed E-state index contributed by atoms with van der Waals surface area (Å²) in [5.74, 6) is 1.20. The van der Waals surface area contributed by atoms with Crippen molar-refractivity contribution in [2.45, 2.75) is 13.5 Å². The third-order valence-electron chi connectivity index (χ3n) is 3.93. The number of H-pyrrole nitrogens is 1. The van der Waals surface area contributed by atoms with E-state index in [4.69, 9.17) is 21.7 Å². The Bertz CT molecular complexity index is 1090. The van der Waals surface area contributed by atoms with E-state index in [1.807, 2.05) is 18.2 Å². The zero-order chi connectivity index (χ0) is 20.1. The van der Waals surface area contributed by atoms with Gasteiger partial charge in [0, 0.05) is 17.2 Å². The predicted molar refractivity (Wildman–Crippen MR) is 106 cm³/mol. The maximum atomic E-state index is 10.9. The zero-order valence-electron chi connectivity index (χ0n) is 15.2. The summed E-state index contributed by atoms with van der Waals surface area (Å²) in [5.41, 5.74) is 2.22. The van der Waals surface area contributed by atoms with Crippen LogP contribution in [0.2, 0.25) is 0 Å². The molecule has 0 aliphatic rings. The van der Waals surface area contributed by atoms with Crippen molar-refractivity contribution in [3.8, 4) is 11.5 Å². The Labute approximate surface area is 165 Å². The predicted octanol–water partition coefficient (Wildman–Crippen LogP) is 3.63. The van der Waals surface area contributed by atoms with E-state index in [1.165, 1.54) is 17.1 Å². The van der Waals surface area contributed by atoms with Gasteiger partial charge in [0.05, 0.1) is 18.2 Å². The number of benzene rings is 2. The largest absolute Gasteiger partial charge is 0.496 e. The highest BCUT2D eigenvalue weighted by atomic mass is 32.1. The van der Waals surface area contributed by atoms with E-state index < -0.39 is 4.92 Å². The summed E-state index contributed by atoms with van der Waals surface area (Å²) in [6.45, 7) is 1.90. The van der Waals surface area contributed by atoms with Crippen LogP contribution in [0.5, 0.6) is 11.5 Å². The molecule has 0 amide bonds. The molecule has 0 unspecified atom stereocenters. The summed E-state index contributed by atoms with van der Waals surface area (Å²) >= 11 is 5.05. The summed E-state index contributed by atoms with van der Waals surface area (Å²) in [7, 11) is 1.58. The topological polar surface area (TPSA) is 108 Å². The van der Waals surface area contributed by atoms with E-state index in [2.05, 4.69) is 15.3 Å². The smallest absolute Gasteiger partial charge is 0.272 e. The number of nitro benzene ring substituents is 1. The molecule has 3 rings (SSSR count).